The number of rotatable bonds is 5. The molecule has 0 unspecified atom stereocenters. The second kappa shape index (κ2) is 8.65. The maximum atomic E-state index is 12.6. The highest BCUT2D eigenvalue weighted by Crippen LogP contribution is 2.17. The second-order valence-corrected chi connectivity index (χ2v) is 7.04. The molecule has 152 valence electrons. The van der Waals surface area contributed by atoms with Crippen molar-refractivity contribution in [1.82, 2.24) is 4.90 Å². The lowest BCUT2D eigenvalue weighted by Gasteiger charge is -2.15. The Labute approximate surface area is 173 Å². The van der Waals surface area contributed by atoms with Gasteiger partial charge in [-0.2, -0.15) is 0 Å². The van der Waals surface area contributed by atoms with E-state index in [9.17, 15) is 14.4 Å². The largest absolute Gasteiger partial charge is 0.459 e. The number of furan rings is 1. The monoisotopic (exact) mass is 403 g/mol. The smallest absolute Gasteiger partial charge is 0.291 e. The van der Waals surface area contributed by atoms with Crippen molar-refractivity contribution in [2.24, 2.45) is 0 Å². The summed E-state index contributed by atoms with van der Waals surface area (Å²) < 4.78 is 5.06. The molecule has 0 spiro atoms. The Bertz CT molecular complexity index is 1050. The second-order valence-electron chi connectivity index (χ2n) is 7.04. The SMILES string of the molecule is O=C(Nc1ccc(C(=O)N2CCCC2)cc1)c1cccc(NC(=O)c2ccco2)c1. The van der Waals surface area contributed by atoms with Gasteiger partial charge in [-0.25, -0.2) is 0 Å². The van der Waals surface area contributed by atoms with Gasteiger partial charge in [-0.1, -0.05) is 6.07 Å². The molecule has 1 aliphatic rings. The van der Waals surface area contributed by atoms with E-state index >= 15 is 0 Å². The summed E-state index contributed by atoms with van der Waals surface area (Å²) >= 11 is 0. The molecule has 3 amide bonds. The molecule has 4 rings (SSSR count). The molecule has 7 nitrogen and oxygen atoms in total. The van der Waals surface area contributed by atoms with Crippen LogP contribution in [0.5, 0.6) is 0 Å². The number of carbonyl (C=O) groups is 3. The van der Waals surface area contributed by atoms with E-state index in [-0.39, 0.29) is 17.6 Å². The van der Waals surface area contributed by atoms with Gasteiger partial charge in [0.25, 0.3) is 17.7 Å². The van der Waals surface area contributed by atoms with Crippen LogP contribution in [0.25, 0.3) is 0 Å². The van der Waals surface area contributed by atoms with Crippen LogP contribution in [0.1, 0.15) is 44.1 Å². The van der Waals surface area contributed by atoms with E-state index in [0.29, 0.717) is 22.5 Å². The summed E-state index contributed by atoms with van der Waals surface area (Å²) in [5.74, 6) is -0.502. The average molecular weight is 403 g/mol. The third-order valence-electron chi connectivity index (χ3n) is 4.91. The first-order valence-corrected chi connectivity index (χ1v) is 9.76. The van der Waals surface area contributed by atoms with Crippen molar-refractivity contribution in [2.75, 3.05) is 23.7 Å². The lowest BCUT2D eigenvalue weighted by molar-refractivity contribution is 0.0792. The van der Waals surface area contributed by atoms with Crippen molar-refractivity contribution >= 4 is 29.1 Å². The van der Waals surface area contributed by atoms with Crippen LogP contribution in [0.2, 0.25) is 0 Å². The molecule has 3 aromatic rings. The van der Waals surface area contributed by atoms with Crippen LogP contribution in [-0.2, 0) is 0 Å². The minimum atomic E-state index is -0.393. The van der Waals surface area contributed by atoms with Crippen LogP contribution in [0.4, 0.5) is 11.4 Å². The molecule has 30 heavy (non-hydrogen) atoms. The Balaban J connectivity index is 1.40. The standard InChI is InChI=1S/C23H21N3O4/c27-21(17-5-3-6-19(15-17)25-22(28)20-7-4-14-30-20)24-18-10-8-16(9-11-18)23(29)26-12-1-2-13-26/h3-11,14-15H,1-2,12-13H2,(H,24,27)(H,25,28). The molecule has 7 heteroatoms. The van der Waals surface area contributed by atoms with Crippen molar-refractivity contribution in [3.63, 3.8) is 0 Å². The molecular weight excluding hydrogens is 382 g/mol. The zero-order valence-corrected chi connectivity index (χ0v) is 16.3. The predicted molar refractivity (Wildman–Crippen MR) is 113 cm³/mol. The first-order chi connectivity index (χ1) is 14.6. The molecule has 0 bridgehead atoms. The highest BCUT2D eigenvalue weighted by Gasteiger charge is 2.19. The lowest BCUT2D eigenvalue weighted by Crippen LogP contribution is -2.27. The van der Waals surface area contributed by atoms with Gasteiger partial charge in [0.05, 0.1) is 6.26 Å². The molecule has 2 heterocycles. The number of likely N-dealkylation sites (tertiary alicyclic amines) is 1. The van der Waals surface area contributed by atoms with E-state index in [1.54, 1.807) is 60.7 Å². The molecule has 2 N–H and O–H groups in total. The van der Waals surface area contributed by atoms with Crippen molar-refractivity contribution in [1.29, 1.82) is 0 Å². The van der Waals surface area contributed by atoms with E-state index in [4.69, 9.17) is 4.42 Å². The topological polar surface area (TPSA) is 91.7 Å². The summed E-state index contributed by atoms with van der Waals surface area (Å²) in [6.07, 6.45) is 3.50. The van der Waals surface area contributed by atoms with E-state index in [2.05, 4.69) is 10.6 Å². The van der Waals surface area contributed by atoms with E-state index in [1.807, 2.05) is 4.90 Å². The molecule has 0 atom stereocenters. The summed E-state index contributed by atoms with van der Waals surface area (Å²) in [7, 11) is 0. The molecule has 1 fully saturated rings. The van der Waals surface area contributed by atoms with Crippen LogP contribution in [0.3, 0.4) is 0 Å². The summed E-state index contributed by atoms with van der Waals surface area (Å²) in [5.41, 5.74) is 2.07. The van der Waals surface area contributed by atoms with Crippen molar-refractivity contribution < 1.29 is 18.8 Å². The highest BCUT2D eigenvalue weighted by molar-refractivity contribution is 6.07. The number of carbonyl (C=O) groups excluding carboxylic acids is 3. The first-order valence-electron chi connectivity index (χ1n) is 9.76. The molecule has 1 saturated heterocycles. The quantitative estimate of drug-likeness (QED) is 0.673. The fourth-order valence-corrected chi connectivity index (χ4v) is 3.34. The van der Waals surface area contributed by atoms with Gasteiger partial charge in [0, 0.05) is 35.6 Å². The molecule has 0 aliphatic carbocycles. The van der Waals surface area contributed by atoms with Crippen molar-refractivity contribution in [3.8, 4) is 0 Å². The summed E-state index contributed by atoms with van der Waals surface area (Å²) in [5, 5.41) is 5.50. The minimum absolute atomic E-state index is 0.0189. The van der Waals surface area contributed by atoms with E-state index < -0.39 is 5.91 Å². The molecule has 0 radical (unpaired) electrons. The maximum Gasteiger partial charge on any atom is 0.291 e. The summed E-state index contributed by atoms with van der Waals surface area (Å²) in [6.45, 7) is 1.59. The number of nitrogens with one attached hydrogen (secondary N) is 2. The van der Waals surface area contributed by atoms with Gasteiger partial charge in [-0.05, 0) is 67.4 Å². The maximum absolute atomic E-state index is 12.6. The summed E-state index contributed by atoms with van der Waals surface area (Å²) in [6, 6.07) is 16.7. The Morgan fingerprint density at radius 3 is 2.20 bits per heavy atom. The van der Waals surface area contributed by atoms with E-state index in [1.165, 1.54) is 6.26 Å². The van der Waals surface area contributed by atoms with Gasteiger partial charge in [0.15, 0.2) is 5.76 Å². The van der Waals surface area contributed by atoms with Crippen molar-refractivity contribution in [2.45, 2.75) is 12.8 Å². The molecular formula is C23H21N3O4. The zero-order chi connectivity index (χ0) is 20.9. The van der Waals surface area contributed by atoms with Gasteiger partial charge < -0.3 is 20.0 Å². The third-order valence-corrected chi connectivity index (χ3v) is 4.91. The zero-order valence-electron chi connectivity index (χ0n) is 16.3. The van der Waals surface area contributed by atoms with Crippen LogP contribution in [0.15, 0.2) is 71.3 Å². The number of benzene rings is 2. The fraction of sp³-hybridized carbons (Fsp3) is 0.174. The normalized spacial score (nSPS) is 13.1. The molecule has 2 aromatic carbocycles. The predicted octanol–water partition coefficient (Wildman–Crippen LogP) is 4.02. The van der Waals surface area contributed by atoms with Crippen LogP contribution < -0.4 is 10.6 Å². The van der Waals surface area contributed by atoms with Crippen LogP contribution in [0, 0.1) is 0 Å². The fourth-order valence-electron chi connectivity index (χ4n) is 3.34. The lowest BCUT2D eigenvalue weighted by atomic mass is 10.1. The van der Waals surface area contributed by atoms with Gasteiger partial charge in [0.2, 0.25) is 0 Å². The number of amides is 3. The Kier molecular flexibility index (Phi) is 5.61. The van der Waals surface area contributed by atoms with Gasteiger partial charge in [-0.3, -0.25) is 14.4 Å². The summed E-state index contributed by atoms with van der Waals surface area (Å²) in [4.78, 5) is 38.9. The van der Waals surface area contributed by atoms with Crippen molar-refractivity contribution in [3.05, 3.63) is 83.8 Å². The molecule has 1 aliphatic heterocycles. The van der Waals surface area contributed by atoms with Gasteiger partial charge in [-0.15, -0.1) is 0 Å². The first kappa shape index (κ1) is 19.4. The minimum Gasteiger partial charge on any atom is -0.459 e. The molecule has 1 aromatic heterocycles. The Hall–Kier alpha value is -3.87. The van der Waals surface area contributed by atoms with Gasteiger partial charge in [0.1, 0.15) is 0 Å². The highest BCUT2D eigenvalue weighted by atomic mass is 16.3. The number of nitrogens with zero attached hydrogens (tertiary/aromatic N) is 1. The van der Waals surface area contributed by atoms with E-state index in [0.717, 1.165) is 25.9 Å². The van der Waals surface area contributed by atoms with Gasteiger partial charge >= 0.3 is 0 Å². The number of hydrogen-bond acceptors (Lipinski definition) is 4. The number of hydrogen-bond donors (Lipinski definition) is 2. The Morgan fingerprint density at radius 1 is 0.767 bits per heavy atom. The van der Waals surface area contributed by atoms with Crippen LogP contribution >= 0.6 is 0 Å². The average Bonchev–Trinajstić information content (AvgIpc) is 3.48. The third kappa shape index (κ3) is 4.41. The van der Waals surface area contributed by atoms with Crippen LogP contribution in [-0.4, -0.2) is 35.7 Å². The number of anilines is 2. The Morgan fingerprint density at radius 2 is 1.50 bits per heavy atom. The molecule has 0 saturated carbocycles.